The van der Waals surface area contributed by atoms with E-state index in [0.29, 0.717) is 23.7 Å². The van der Waals surface area contributed by atoms with E-state index in [-0.39, 0.29) is 17.4 Å². The van der Waals surface area contributed by atoms with E-state index < -0.39 is 6.04 Å². The van der Waals surface area contributed by atoms with Crippen LogP contribution < -0.4 is 5.32 Å². The number of rotatable bonds is 8. The highest BCUT2D eigenvalue weighted by molar-refractivity contribution is 7.99. The lowest BCUT2D eigenvalue weighted by Crippen LogP contribution is -2.52. The quantitative estimate of drug-likeness (QED) is 0.547. The Balaban J connectivity index is 2.08. The third-order valence-corrected chi connectivity index (χ3v) is 5.80. The average Bonchev–Trinajstić information content (AvgIpc) is 2.67. The van der Waals surface area contributed by atoms with Crippen LogP contribution in [0.1, 0.15) is 45.2 Å². The Morgan fingerprint density at radius 1 is 1.07 bits per heavy atom. The van der Waals surface area contributed by atoms with Gasteiger partial charge in [-0.15, -0.1) is 11.8 Å². The fourth-order valence-corrected chi connectivity index (χ4v) is 3.84. The van der Waals surface area contributed by atoms with Gasteiger partial charge < -0.3 is 10.2 Å². The molecule has 0 radical (unpaired) electrons. The first-order valence-corrected chi connectivity index (χ1v) is 11.5. The van der Waals surface area contributed by atoms with Crippen molar-refractivity contribution in [1.29, 1.82) is 0 Å². The summed E-state index contributed by atoms with van der Waals surface area (Å²) in [5, 5.41) is 3.62. The van der Waals surface area contributed by atoms with Crippen LogP contribution in [0.25, 0.3) is 0 Å². The number of nitrogens with one attached hydrogen (secondary N) is 1. The van der Waals surface area contributed by atoms with Crippen LogP contribution in [0.15, 0.2) is 53.4 Å². The third-order valence-electron chi connectivity index (χ3n) is 4.54. The second-order valence-electron chi connectivity index (χ2n) is 8.47. The number of aryl methyl sites for hydroxylation is 1. The van der Waals surface area contributed by atoms with Gasteiger partial charge in [0.05, 0.1) is 0 Å². The molecule has 0 saturated carbocycles. The first-order valence-electron chi connectivity index (χ1n) is 10.1. The van der Waals surface area contributed by atoms with Gasteiger partial charge in [-0.3, -0.25) is 9.59 Å². The van der Waals surface area contributed by atoms with Gasteiger partial charge in [0.1, 0.15) is 6.04 Å². The minimum atomic E-state index is -0.572. The highest BCUT2D eigenvalue weighted by Crippen LogP contribution is 2.21. The topological polar surface area (TPSA) is 49.4 Å². The number of hydrogen-bond donors (Lipinski definition) is 1. The number of thioether (sulfide) groups is 1. The molecule has 2 amide bonds. The smallest absolute Gasteiger partial charge is 0.242 e. The number of amides is 2. The monoisotopic (exact) mass is 446 g/mol. The van der Waals surface area contributed by atoms with Crippen LogP contribution in [0.5, 0.6) is 0 Å². The van der Waals surface area contributed by atoms with Gasteiger partial charge in [0.15, 0.2) is 0 Å². The van der Waals surface area contributed by atoms with Crippen LogP contribution in [-0.2, 0) is 16.1 Å². The normalized spacial score (nSPS) is 12.3. The van der Waals surface area contributed by atoms with Crippen molar-refractivity contribution in [3.63, 3.8) is 0 Å². The van der Waals surface area contributed by atoms with E-state index in [2.05, 4.69) is 36.5 Å². The van der Waals surface area contributed by atoms with E-state index >= 15 is 0 Å². The molecule has 0 aliphatic heterocycles. The largest absolute Gasteiger partial charge is 0.350 e. The van der Waals surface area contributed by atoms with E-state index in [4.69, 9.17) is 11.6 Å². The highest BCUT2D eigenvalue weighted by Gasteiger charge is 2.28. The summed E-state index contributed by atoms with van der Waals surface area (Å²) in [7, 11) is 0. The molecule has 0 fully saturated rings. The van der Waals surface area contributed by atoms with Crippen LogP contribution >= 0.6 is 23.4 Å². The zero-order valence-corrected chi connectivity index (χ0v) is 19.9. The first kappa shape index (κ1) is 24.3. The van der Waals surface area contributed by atoms with Crippen molar-refractivity contribution >= 4 is 35.2 Å². The van der Waals surface area contributed by atoms with Gasteiger partial charge in [0, 0.05) is 34.2 Å². The summed E-state index contributed by atoms with van der Waals surface area (Å²) >= 11 is 7.63. The molecular weight excluding hydrogens is 416 g/mol. The fourth-order valence-electron chi connectivity index (χ4n) is 2.88. The number of benzene rings is 2. The first-order chi connectivity index (χ1) is 14.0. The Labute approximate surface area is 189 Å². The lowest BCUT2D eigenvalue weighted by atomic mass is 10.1. The summed E-state index contributed by atoms with van der Waals surface area (Å²) in [6.07, 6.45) is 0.360. The predicted molar refractivity (Wildman–Crippen MR) is 126 cm³/mol. The zero-order chi connectivity index (χ0) is 22.3. The molecule has 1 unspecified atom stereocenters. The van der Waals surface area contributed by atoms with E-state index in [1.54, 1.807) is 35.7 Å². The number of nitrogens with zero attached hydrogens (tertiary/aromatic N) is 1. The van der Waals surface area contributed by atoms with Gasteiger partial charge in [-0.05, 0) is 64.4 Å². The SMILES string of the molecule is Cc1ccc(SCCC(=O)N(Cc2ccc(Cl)cc2)C(C)C(=O)NC(C)(C)C)cc1. The Morgan fingerprint density at radius 2 is 1.67 bits per heavy atom. The number of carbonyl (C=O) groups is 2. The van der Waals surface area contributed by atoms with Crippen molar-refractivity contribution in [2.75, 3.05) is 5.75 Å². The van der Waals surface area contributed by atoms with Crippen molar-refractivity contribution in [2.24, 2.45) is 0 Å². The van der Waals surface area contributed by atoms with Crippen LogP contribution in [0, 0.1) is 6.92 Å². The zero-order valence-electron chi connectivity index (χ0n) is 18.4. The van der Waals surface area contributed by atoms with Crippen LogP contribution in [0.4, 0.5) is 0 Å². The van der Waals surface area contributed by atoms with E-state index in [9.17, 15) is 9.59 Å². The Bertz CT molecular complexity index is 845. The third kappa shape index (κ3) is 8.04. The highest BCUT2D eigenvalue weighted by atomic mass is 35.5. The molecule has 0 aromatic heterocycles. The number of carbonyl (C=O) groups excluding carboxylic acids is 2. The summed E-state index contributed by atoms with van der Waals surface area (Å²) in [5.41, 5.74) is 1.79. The summed E-state index contributed by atoms with van der Waals surface area (Å²) in [4.78, 5) is 28.6. The molecule has 0 aliphatic rings. The molecule has 0 saturated heterocycles. The fraction of sp³-hybridized carbons (Fsp3) is 0.417. The van der Waals surface area contributed by atoms with Gasteiger partial charge >= 0.3 is 0 Å². The lowest BCUT2D eigenvalue weighted by Gasteiger charge is -2.31. The maximum atomic E-state index is 13.1. The van der Waals surface area contributed by atoms with E-state index in [1.807, 2.05) is 32.9 Å². The Kier molecular flexibility index (Phi) is 8.80. The number of hydrogen-bond acceptors (Lipinski definition) is 3. The standard InChI is InChI=1S/C24H31ClN2O2S/c1-17-6-12-21(13-7-17)30-15-14-22(28)27(16-19-8-10-20(25)11-9-19)18(2)23(29)26-24(3,4)5/h6-13,18H,14-16H2,1-5H3,(H,26,29). The molecule has 0 spiro atoms. The molecule has 6 heteroatoms. The Morgan fingerprint density at radius 3 is 2.23 bits per heavy atom. The summed E-state index contributed by atoms with van der Waals surface area (Å²) in [5.74, 6) is 0.462. The van der Waals surface area contributed by atoms with Gasteiger partial charge in [-0.25, -0.2) is 0 Å². The van der Waals surface area contributed by atoms with Gasteiger partial charge in [0.2, 0.25) is 11.8 Å². The molecule has 0 bridgehead atoms. The van der Waals surface area contributed by atoms with Crippen molar-refractivity contribution in [2.45, 2.75) is 64.1 Å². The van der Waals surface area contributed by atoms with Crippen molar-refractivity contribution in [3.8, 4) is 0 Å². The molecule has 1 atom stereocenters. The average molecular weight is 447 g/mol. The molecular formula is C24H31ClN2O2S. The summed E-state index contributed by atoms with van der Waals surface area (Å²) in [6.45, 7) is 9.99. The molecule has 4 nitrogen and oxygen atoms in total. The molecule has 2 rings (SSSR count). The van der Waals surface area contributed by atoms with Gasteiger partial charge in [-0.1, -0.05) is 41.4 Å². The van der Waals surface area contributed by atoms with E-state index in [1.165, 1.54) is 5.56 Å². The minimum absolute atomic E-state index is 0.0406. The Hall–Kier alpha value is -1.98. The molecule has 2 aromatic rings. The number of halogens is 1. The van der Waals surface area contributed by atoms with Gasteiger partial charge in [-0.2, -0.15) is 0 Å². The van der Waals surface area contributed by atoms with Crippen molar-refractivity contribution < 1.29 is 9.59 Å². The second kappa shape index (κ2) is 10.9. The second-order valence-corrected chi connectivity index (χ2v) is 10.1. The van der Waals surface area contributed by atoms with Crippen LogP contribution in [0.2, 0.25) is 5.02 Å². The lowest BCUT2D eigenvalue weighted by molar-refractivity contribution is -0.140. The van der Waals surface area contributed by atoms with Crippen LogP contribution in [-0.4, -0.2) is 34.0 Å². The molecule has 2 aromatic carbocycles. The molecule has 0 aliphatic carbocycles. The maximum absolute atomic E-state index is 13.1. The molecule has 30 heavy (non-hydrogen) atoms. The minimum Gasteiger partial charge on any atom is -0.350 e. The van der Waals surface area contributed by atoms with Crippen molar-refractivity contribution in [1.82, 2.24) is 10.2 Å². The van der Waals surface area contributed by atoms with E-state index in [0.717, 1.165) is 10.5 Å². The maximum Gasteiger partial charge on any atom is 0.242 e. The predicted octanol–water partition coefficient (Wildman–Crippen LogP) is 5.46. The molecule has 162 valence electrons. The molecule has 1 N–H and O–H groups in total. The van der Waals surface area contributed by atoms with Crippen LogP contribution in [0.3, 0.4) is 0 Å². The molecule has 0 heterocycles. The van der Waals surface area contributed by atoms with Gasteiger partial charge in [0.25, 0.3) is 0 Å². The summed E-state index contributed by atoms with van der Waals surface area (Å²) < 4.78 is 0. The summed E-state index contributed by atoms with van der Waals surface area (Å²) in [6, 6.07) is 15.1. The van der Waals surface area contributed by atoms with Crippen molar-refractivity contribution in [3.05, 3.63) is 64.7 Å².